The van der Waals surface area contributed by atoms with Gasteiger partial charge in [-0.15, -0.1) is 10.2 Å². The lowest BCUT2D eigenvalue weighted by atomic mass is 10.1. The fourth-order valence-electron chi connectivity index (χ4n) is 3.52. The second kappa shape index (κ2) is 8.56. The Labute approximate surface area is 168 Å². The Morgan fingerprint density at radius 1 is 1.21 bits per heavy atom. The van der Waals surface area contributed by atoms with Gasteiger partial charge in [0.05, 0.1) is 0 Å². The summed E-state index contributed by atoms with van der Waals surface area (Å²) in [7, 11) is 1.85. The molecule has 0 N–H and O–H groups in total. The summed E-state index contributed by atoms with van der Waals surface area (Å²) in [6.07, 6.45) is 3.28. The third-order valence-electron chi connectivity index (χ3n) is 5.06. The third kappa shape index (κ3) is 4.25. The molecule has 4 rings (SSSR count). The molecule has 0 radical (unpaired) electrons. The Morgan fingerprint density at radius 2 is 2.04 bits per heavy atom. The summed E-state index contributed by atoms with van der Waals surface area (Å²) in [5.41, 5.74) is 3.36. The van der Waals surface area contributed by atoms with Crippen LogP contribution in [0.25, 0.3) is 11.5 Å². The number of nitrogens with zero attached hydrogens (tertiary/aromatic N) is 4. The first-order valence-electron chi connectivity index (χ1n) is 9.62. The lowest BCUT2D eigenvalue weighted by Gasteiger charge is -2.24. The monoisotopic (exact) mass is 396 g/mol. The van der Waals surface area contributed by atoms with Crippen LogP contribution in [0.3, 0.4) is 0 Å². The highest BCUT2D eigenvalue weighted by molar-refractivity contribution is 7.08. The number of benzene rings is 1. The van der Waals surface area contributed by atoms with Crippen molar-refractivity contribution in [3.63, 3.8) is 0 Å². The average molecular weight is 397 g/mol. The van der Waals surface area contributed by atoms with Crippen molar-refractivity contribution in [2.45, 2.75) is 32.2 Å². The molecule has 1 aliphatic heterocycles. The van der Waals surface area contributed by atoms with E-state index >= 15 is 0 Å². The minimum absolute atomic E-state index is 0.0755. The zero-order valence-corrected chi connectivity index (χ0v) is 16.8. The maximum atomic E-state index is 12.6. The largest absolute Gasteiger partial charge is 0.421 e. The number of hydrogen-bond acceptors (Lipinski definition) is 6. The normalized spacial score (nSPS) is 13.8. The number of rotatable bonds is 7. The van der Waals surface area contributed by atoms with Crippen LogP contribution in [0, 0.1) is 0 Å². The van der Waals surface area contributed by atoms with Crippen LogP contribution in [0.15, 0.2) is 45.5 Å². The quantitative estimate of drug-likeness (QED) is 0.604. The summed E-state index contributed by atoms with van der Waals surface area (Å²) in [4.78, 5) is 16.8. The Kier molecular flexibility index (Phi) is 5.71. The highest BCUT2D eigenvalue weighted by atomic mass is 32.1. The molecular formula is C21H24N4O2S. The fourth-order valence-corrected chi connectivity index (χ4v) is 4.15. The minimum atomic E-state index is 0.0755. The van der Waals surface area contributed by atoms with Crippen molar-refractivity contribution < 1.29 is 9.21 Å². The molecule has 1 fully saturated rings. The molecule has 1 amide bonds. The topological polar surface area (TPSA) is 62.5 Å². The molecule has 7 heteroatoms. The van der Waals surface area contributed by atoms with E-state index in [4.69, 9.17) is 4.42 Å². The molecule has 1 saturated heterocycles. The Balaban J connectivity index is 1.34. The van der Waals surface area contributed by atoms with Crippen LogP contribution in [0.2, 0.25) is 0 Å². The minimum Gasteiger partial charge on any atom is -0.421 e. The van der Waals surface area contributed by atoms with E-state index in [1.165, 1.54) is 24.1 Å². The van der Waals surface area contributed by atoms with Gasteiger partial charge in [0.15, 0.2) is 0 Å². The first kappa shape index (κ1) is 18.7. The van der Waals surface area contributed by atoms with Crippen molar-refractivity contribution >= 4 is 22.9 Å². The van der Waals surface area contributed by atoms with Crippen molar-refractivity contribution in [2.24, 2.45) is 0 Å². The number of para-hydroxylation sites is 1. The standard InChI is InChI=1S/C21H24N4O2S/c1-24(14-16-6-2-3-7-18(16)25-11-4-5-12-25)20(26)9-8-19-22-23-21(27-19)17-10-13-28-15-17/h2-3,6-7,10,13,15H,4-5,8-9,11-12,14H2,1H3. The second-order valence-corrected chi connectivity index (χ2v) is 7.87. The fraction of sp³-hybridized carbons (Fsp3) is 0.381. The number of thiophene rings is 1. The lowest BCUT2D eigenvalue weighted by molar-refractivity contribution is -0.130. The van der Waals surface area contributed by atoms with Crippen LogP contribution in [-0.4, -0.2) is 41.1 Å². The van der Waals surface area contributed by atoms with E-state index in [0.29, 0.717) is 31.2 Å². The van der Waals surface area contributed by atoms with Crippen LogP contribution in [-0.2, 0) is 17.8 Å². The Morgan fingerprint density at radius 3 is 2.82 bits per heavy atom. The first-order valence-corrected chi connectivity index (χ1v) is 10.6. The van der Waals surface area contributed by atoms with Gasteiger partial charge in [-0.05, 0) is 35.9 Å². The molecule has 6 nitrogen and oxygen atoms in total. The van der Waals surface area contributed by atoms with Crippen molar-refractivity contribution in [3.05, 3.63) is 52.5 Å². The second-order valence-electron chi connectivity index (χ2n) is 7.09. The maximum Gasteiger partial charge on any atom is 0.248 e. The Bertz CT molecular complexity index is 916. The molecule has 1 aromatic carbocycles. The van der Waals surface area contributed by atoms with Crippen molar-refractivity contribution in [3.8, 4) is 11.5 Å². The molecule has 0 atom stereocenters. The van der Waals surface area contributed by atoms with E-state index in [1.54, 1.807) is 16.2 Å². The first-order chi connectivity index (χ1) is 13.7. The van der Waals surface area contributed by atoms with Gasteiger partial charge in [-0.25, -0.2) is 0 Å². The zero-order valence-electron chi connectivity index (χ0n) is 16.0. The number of carbonyl (C=O) groups excluding carboxylic acids is 1. The van der Waals surface area contributed by atoms with Gasteiger partial charge in [0.2, 0.25) is 17.7 Å². The third-order valence-corrected chi connectivity index (χ3v) is 5.74. The van der Waals surface area contributed by atoms with Crippen molar-refractivity contribution in [2.75, 3.05) is 25.0 Å². The highest BCUT2D eigenvalue weighted by Gasteiger charge is 2.18. The predicted molar refractivity (Wildman–Crippen MR) is 110 cm³/mol. The van der Waals surface area contributed by atoms with Crippen LogP contribution in [0.5, 0.6) is 0 Å². The van der Waals surface area contributed by atoms with Gasteiger partial charge < -0.3 is 14.2 Å². The zero-order chi connectivity index (χ0) is 19.3. The molecule has 28 heavy (non-hydrogen) atoms. The molecule has 0 spiro atoms. The molecule has 3 heterocycles. The molecule has 3 aromatic rings. The van der Waals surface area contributed by atoms with Gasteiger partial charge in [0.1, 0.15) is 0 Å². The molecule has 0 aliphatic carbocycles. The Hall–Kier alpha value is -2.67. The number of hydrogen-bond donors (Lipinski definition) is 0. The van der Waals surface area contributed by atoms with Gasteiger partial charge in [-0.2, -0.15) is 11.3 Å². The van der Waals surface area contributed by atoms with Crippen LogP contribution < -0.4 is 4.90 Å². The number of anilines is 1. The SMILES string of the molecule is CN(Cc1ccccc1N1CCCC1)C(=O)CCc1nnc(-c2ccsc2)o1. The molecule has 1 aliphatic rings. The number of aromatic nitrogens is 2. The molecular weight excluding hydrogens is 372 g/mol. The average Bonchev–Trinajstić information content (AvgIpc) is 3.48. The van der Waals surface area contributed by atoms with Gasteiger partial charge in [-0.1, -0.05) is 18.2 Å². The van der Waals surface area contributed by atoms with E-state index in [9.17, 15) is 4.79 Å². The smallest absolute Gasteiger partial charge is 0.248 e. The van der Waals surface area contributed by atoms with E-state index < -0.39 is 0 Å². The molecule has 2 aromatic heterocycles. The van der Waals surface area contributed by atoms with E-state index in [2.05, 4.69) is 33.3 Å². The summed E-state index contributed by atoms with van der Waals surface area (Å²) in [5.74, 6) is 1.09. The molecule has 0 bridgehead atoms. The number of aryl methyl sites for hydroxylation is 1. The summed E-state index contributed by atoms with van der Waals surface area (Å²) in [6, 6.07) is 10.3. The molecule has 0 saturated carbocycles. The highest BCUT2D eigenvalue weighted by Crippen LogP contribution is 2.26. The van der Waals surface area contributed by atoms with Crippen LogP contribution in [0.4, 0.5) is 5.69 Å². The van der Waals surface area contributed by atoms with Gasteiger partial charge in [0.25, 0.3) is 0 Å². The van der Waals surface area contributed by atoms with E-state index in [0.717, 1.165) is 18.7 Å². The van der Waals surface area contributed by atoms with E-state index in [1.807, 2.05) is 29.9 Å². The molecule has 146 valence electrons. The van der Waals surface area contributed by atoms with Crippen molar-refractivity contribution in [1.82, 2.24) is 15.1 Å². The predicted octanol–water partition coefficient (Wildman–Crippen LogP) is 3.99. The lowest BCUT2D eigenvalue weighted by Crippen LogP contribution is -2.28. The maximum absolute atomic E-state index is 12.6. The summed E-state index contributed by atoms with van der Waals surface area (Å²) >= 11 is 1.58. The number of carbonyl (C=O) groups is 1. The van der Waals surface area contributed by atoms with Gasteiger partial charge >= 0.3 is 0 Å². The van der Waals surface area contributed by atoms with Gasteiger partial charge in [0, 0.05) is 56.2 Å². The summed E-state index contributed by atoms with van der Waals surface area (Å²) < 4.78 is 5.67. The summed E-state index contributed by atoms with van der Waals surface area (Å²) in [5, 5.41) is 12.1. The van der Waals surface area contributed by atoms with Crippen LogP contribution in [0.1, 0.15) is 30.7 Å². The molecule has 0 unspecified atom stereocenters. The number of amides is 1. The van der Waals surface area contributed by atoms with Crippen LogP contribution >= 0.6 is 11.3 Å². The van der Waals surface area contributed by atoms with E-state index in [-0.39, 0.29) is 5.91 Å². The summed E-state index contributed by atoms with van der Waals surface area (Å²) in [6.45, 7) is 2.80. The van der Waals surface area contributed by atoms with Gasteiger partial charge in [-0.3, -0.25) is 4.79 Å². The van der Waals surface area contributed by atoms with Crippen molar-refractivity contribution in [1.29, 1.82) is 0 Å².